The van der Waals surface area contributed by atoms with Gasteiger partial charge in [0.2, 0.25) is 0 Å². The summed E-state index contributed by atoms with van der Waals surface area (Å²) in [5, 5.41) is 0. The van der Waals surface area contributed by atoms with Gasteiger partial charge in [0.15, 0.2) is 0 Å². The summed E-state index contributed by atoms with van der Waals surface area (Å²) in [5.41, 5.74) is 1.39. The van der Waals surface area contributed by atoms with Crippen molar-refractivity contribution >= 4 is 41.6 Å². The maximum atomic E-state index is 11.8. The van der Waals surface area contributed by atoms with Gasteiger partial charge in [0.05, 0.1) is 31.0 Å². The summed E-state index contributed by atoms with van der Waals surface area (Å²) in [5.74, 6) is -0.495. The summed E-state index contributed by atoms with van der Waals surface area (Å²) in [7, 11) is 2.63. The van der Waals surface area contributed by atoms with Crippen LogP contribution in [0, 0.1) is 0 Å². The highest BCUT2D eigenvalue weighted by Gasteiger charge is 2.19. The van der Waals surface area contributed by atoms with E-state index in [-0.39, 0.29) is 12.4 Å². The van der Waals surface area contributed by atoms with Gasteiger partial charge < -0.3 is 14.4 Å². The molecule has 0 radical (unpaired) electrons. The van der Waals surface area contributed by atoms with Crippen LogP contribution in [0.15, 0.2) is 18.2 Å². The Kier molecular flexibility index (Phi) is 8.81. The van der Waals surface area contributed by atoms with Crippen LogP contribution in [-0.4, -0.2) is 45.1 Å². The molecule has 21 heavy (non-hydrogen) atoms. The number of carbonyl (C=O) groups excluding carboxylic acids is 2. The molecule has 0 aromatic heterocycles. The summed E-state index contributed by atoms with van der Waals surface area (Å²) in [6, 6.07) is 4.72. The Morgan fingerprint density at radius 3 is 2.29 bits per heavy atom. The number of esters is 2. The maximum Gasteiger partial charge on any atom is 0.339 e. The molecule has 7 heteroatoms. The first-order valence-corrected chi connectivity index (χ1v) is 6.74. The first-order chi connectivity index (χ1) is 9.58. The van der Waals surface area contributed by atoms with Crippen molar-refractivity contribution in [1.29, 1.82) is 0 Å². The number of ether oxygens (including phenoxy) is 2. The lowest BCUT2D eigenvalue weighted by atomic mass is 10.1. The second kappa shape index (κ2) is 9.47. The average Bonchev–Trinajstić information content (AvgIpc) is 2.50. The molecule has 5 nitrogen and oxygen atoms in total. The van der Waals surface area contributed by atoms with E-state index >= 15 is 0 Å². The molecule has 0 bridgehead atoms. The van der Waals surface area contributed by atoms with E-state index in [0.717, 1.165) is 0 Å². The van der Waals surface area contributed by atoms with Crippen molar-refractivity contribution in [2.45, 2.75) is 6.92 Å². The van der Waals surface area contributed by atoms with Crippen LogP contribution >= 0.6 is 24.0 Å². The van der Waals surface area contributed by atoms with E-state index in [1.165, 1.54) is 20.3 Å². The first kappa shape index (κ1) is 19.5. The molecule has 0 unspecified atom stereocenters. The number of hydrogen-bond acceptors (Lipinski definition) is 5. The Morgan fingerprint density at radius 1 is 1.19 bits per heavy atom. The Labute approximate surface area is 135 Å². The van der Waals surface area contributed by atoms with Gasteiger partial charge >= 0.3 is 11.9 Å². The molecule has 1 aromatic carbocycles. The van der Waals surface area contributed by atoms with Gasteiger partial charge in [-0.2, -0.15) is 0 Å². The topological polar surface area (TPSA) is 55.8 Å². The van der Waals surface area contributed by atoms with Crippen LogP contribution in [0.4, 0.5) is 5.69 Å². The number of hydrogen-bond donors (Lipinski definition) is 0. The van der Waals surface area contributed by atoms with Gasteiger partial charge in [-0.15, -0.1) is 24.0 Å². The zero-order chi connectivity index (χ0) is 15.1. The quantitative estimate of drug-likeness (QED) is 0.591. The van der Waals surface area contributed by atoms with E-state index in [2.05, 4.69) is 0 Å². The van der Waals surface area contributed by atoms with E-state index in [9.17, 15) is 9.59 Å². The lowest BCUT2D eigenvalue weighted by Crippen LogP contribution is -2.27. The van der Waals surface area contributed by atoms with Crippen LogP contribution in [0.3, 0.4) is 0 Å². The van der Waals surface area contributed by atoms with E-state index in [4.69, 9.17) is 21.1 Å². The van der Waals surface area contributed by atoms with Crippen LogP contribution < -0.4 is 4.90 Å². The van der Waals surface area contributed by atoms with Gasteiger partial charge in [0.1, 0.15) is 0 Å². The maximum absolute atomic E-state index is 11.8. The van der Waals surface area contributed by atoms with E-state index < -0.39 is 11.9 Å². The SMILES string of the molecule is CCN(CCCl)c1cc(C(=O)OC)ccc1C(=O)OC.Cl. The van der Waals surface area contributed by atoms with Gasteiger partial charge in [-0.05, 0) is 25.1 Å². The second-order valence-electron chi connectivity index (χ2n) is 3.98. The van der Waals surface area contributed by atoms with E-state index in [1.54, 1.807) is 12.1 Å². The van der Waals surface area contributed by atoms with Gasteiger partial charge in [-0.25, -0.2) is 9.59 Å². The van der Waals surface area contributed by atoms with Crippen molar-refractivity contribution in [3.05, 3.63) is 29.3 Å². The summed E-state index contributed by atoms with van der Waals surface area (Å²) in [6.07, 6.45) is 0. The van der Waals surface area contributed by atoms with Crippen LogP contribution in [-0.2, 0) is 9.47 Å². The van der Waals surface area contributed by atoms with Gasteiger partial charge in [0.25, 0.3) is 0 Å². The van der Waals surface area contributed by atoms with Crippen molar-refractivity contribution in [3.63, 3.8) is 0 Å². The zero-order valence-corrected chi connectivity index (χ0v) is 13.8. The zero-order valence-electron chi connectivity index (χ0n) is 12.2. The molecule has 0 aliphatic carbocycles. The fraction of sp³-hybridized carbons (Fsp3) is 0.429. The third-order valence-corrected chi connectivity index (χ3v) is 3.07. The highest BCUT2D eigenvalue weighted by atomic mass is 35.5. The number of anilines is 1. The molecular formula is C14H19Cl2NO4. The third-order valence-electron chi connectivity index (χ3n) is 2.90. The Balaban J connectivity index is 0.00000400. The molecule has 0 heterocycles. The van der Waals surface area contributed by atoms with Crippen LogP contribution in [0.5, 0.6) is 0 Å². The van der Waals surface area contributed by atoms with Crippen molar-refractivity contribution in [3.8, 4) is 0 Å². The second-order valence-corrected chi connectivity index (χ2v) is 4.36. The molecule has 0 atom stereocenters. The molecule has 0 spiro atoms. The molecule has 1 rings (SSSR count). The molecule has 0 aliphatic rings. The molecule has 0 N–H and O–H groups in total. The summed E-state index contributed by atoms with van der Waals surface area (Å²) in [4.78, 5) is 25.3. The smallest absolute Gasteiger partial charge is 0.339 e. The standard InChI is InChI=1S/C14H18ClNO4.ClH/c1-4-16(8-7-15)12-9-10(13(17)19-2)5-6-11(12)14(18)20-3;/h5-6,9H,4,7-8H2,1-3H3;1H. The predicted molar refractivity (Wildman–Crippen MR) is 85.0 cm³/mol. The molecule has 0 saturated carbocycles. The van der Waals surface area contributed by atoms with Crippen molar-refractivity contribution < 1.29 is 19.1 Å². The van der Waals surface area contributed by atoms with Crippen LogP contribution in [0.1, 0.15) is 27.6 Å². The largest absolute Gasteiger partial charge is 0.465 e. The summed E-state index contributed by atoms with van der Waals surface area (Å²) >= 11 is 5.77. The molecular weight excluding hydrogens is 317 g/mol. The molecule has 0 aliphatic heterocycles. The first-order valence-electron chi connectivity index (χ1n) is 6.20. The Morgan fingerprint density at radius 2 is 1.81 bits per heavy atom. The molecule has 0 fully saturated rings. The fourth-order valence-corrected chi connectivity index (χ4v) is 2.08. The van der Waals surface area contributed by atoms with Gasteiger partial charge in [-0.1, -0.05) is 0 Å². The van der Waals surface area contributed by atoms with Crippen LogP contribution in [0.25, 0.3) is 0 Å². The highest BCUT2D eigenvalue weighted by Crippen LogP contribution is 2.24. The van der Waals surface area contributed by atoms with Crippen molar-refractivity contribution in [2.75, 3.05) is 38.1 Å². The fourth-order valence-electron chi connectivity index (χ4n) is 1.87. The number of alkyl halides is 1. The van der Waals surface area contributed by atoms with E-state index in [0.29, 0.717) is 35.8 Å². The Hall–Kier alpha value is -1.46. The summed E-state index contributed by atoms with van der Waals surface area (Å²) < 4.78 is 9.45. The van der Waals surface area contributed by atoms with Crippen molar-refractivity contribution in [1.82, 2.24) is 0 Å². The van der Waals surface area contributed by atoms with E-state index in [1.807, 2.05) is 11.8 Å². The van der Waals surface area contributed by atoms with Crippen molar-refractivity contribution in [2.24, 2.45) is 0 Å². The highest BCUT2D eigenvalue weighted by molar-refractivity contribution is 6.18. The number of nitrogens with zero attached hydrogens (tertiary/aromatic N) is 1. The molecule has 0 saturated heterocycles. The van der Waals surface area contributed by atoms with Crippen LogP contribution in [0.2, 0.25) is 0 Å². The van der Waals surface area contributed by atoms with Gasteiger partial charge in [-0.3, -0.25) is 0 Å². The number of halogens is 2. The predicted octanol–water partition coefficient (Wildman–Crippen LogP) is 2.75. The van der Waals surface area contributed by atoms with Gasteiger partial charge in [0, 0.05) is 19.0 Å². The normalized spacial score (nSPS) is 9.52. The minimum absolute atomic E-state index is 0. The lowest BCUT2D eigenvalue weighted by molar-refractivity contribution is 0.0587. The lowest BCUT2D eigenvalue weighted by Gasteiger charge is -2.24. The minimum Gasteiger partial charge on any atom is -0.465 e. The summed E-state index contributed by atoms with van der Waals surface area (Å²) in [6.45, 7) is 3.16. The number of benzene rings is 1. The number of carbonyl (C=O) groups is 2. The average molecular weight is 336 g/mol. The number of rotatable bonds is 6. The molecule has 1 aromatic rings. The molecule has 118 valence electrons. The third kappa shape index (κ3) is 4.79. The molecule has 0 amide bonds. The Bertz CT molecular complexity index is 494. The monoisotopic (exact) mass is 335 g/mol. The minimum atomic E-state index is -0.454. The number of methoxy groups -OCH3 is 2.